The van der Waals surface area contributed by atoms with Crippen LogP contribution in [0.1, 0.15) is 5.01 Å². The van der Waals surface area contributed by atoms with Crippen molar-refractivity contribution in [2.24, 2.45) is 0 Å². The first-order valence-electron chi connectivity index (χ1n) is 12.4. The van der Waals surface area contributed by atoms with Crippen molar-refractivity contribution < 1.29 is 19.4 Å². The second-order valence-corrected chi connectivity index (χ2v) is 10.8. The average Bonchev–Trinajstić information content (AvgIpc) is 3.30. The van der Waals surface area contributed by atoms with E-state index in [0.29, 0.717) is 41.9 Å². The van der Waals surface area contributed by atoms with Gasteiger partial charge in [0.2, 0.25) is 6.41 Å². The van der Waals surface area contributed by atoms with Gasteiger partial charge in [0, 0.05) is 43.8 Å². The van der Waals surface area contributed by atoms with Crippen LogP contribution in [-0.2, 0) is 4.79 Å². The molecule has 1 aliphatic rings. The largest absolute Gasteiger partial charge is 0.491 e. The normalized spacial score (nSPS) is 15.3. The summed E-state index contributed by atoms with van der Waals surface area (Å²) in [7, 11) is 0. The van der Waals surface area contributed by atoms with Crippen LogP contribution in [0.15, 0.2) is 66.7 Å². The highest BCUT2D eigenvalue weighted by molar-refractivity contribution is 7.18. The number of aliphatic hydroxyl groups excluding tert-OH is 1. The number of hydrogen-bond donors (Lipinski definition) is 1. The zero-order valence-electron chi connectivity index (χ0n) is 21.0. The van der Waals surface area contributed by atoms with Gasteiger partial charge in [-0.15, -0.1) is 11.3 Å². The molecule has 1 aromatic heterocycles. The number of hydrazine groups is 1. The Morgan fingerprint density at radius 3 is 2.37 bits per heavy atom. The number of ether oxygens (including phenoxy) is 2. The minimum Gasteiger partial charge on any atom is -0.491 e. The maximum atomic E-state index is 11.9. The fourth-order valence-corrected chi connectivity index (χ4v) is 5.32. The molecule has 3 aromatic carbocycles. The van der Waals surface area contributed by atoms with Gasteiger partial charge in [-0.2, -0.15) is 0 Å². The Bertz CT molecular complexity index is 1360. The molecule has 1 amide bonds. The second-order valence-electron chi connectivity index (χ2n) is 9.08. The smallest absolute Gasteiger partial charge is 0.228 e. The minimum atomic E-state index is -0.621. The topological polar surface area (TPSA) is 78.4 Å². The van der Waals surface area contributed by atoms with E-state index >= 15 is 0 Å². The lowest BCUT2D eigenvalue weighted by Crippen LogP contribution is -2.55. The number of amides is 1. The fraction of sp³-hybridized carbons (Fsp3) is 0.286. The molecule has 1 atom stereocenters. The van der Waals surface area contributed by atoms with Crippen molar-refractivity contribution in [2.75, 3.05) is 44.3 Å². The van der Waals surface area contributed by atoms with E-state index in [0.717, 1.165) is 40.4 Å². The molecule has 2 heterocycles. The number of carbonyl (C=O) groups is 1. The van der Waals surface area contributed by atoms with Crippen LogP contribution >= 0.6 is 22.9 Å². The summed E-state index contributed by atoms with van der Waals surface area (Å²) < 4.78 is 12.8. The van der Waals surface area contributed by atoms with Gasteiger partial charge in [0.1, 0.15) is 30.0 Å². The molecule has 198 valence electrons. The summed E-state index contributed by atoms with van der Waals surface area (Å²) in [6, 6.07) is 20.4. The van der Waals surface area contributed by atoms with Gasteiger partial charge in [0.25, 0.3) is 0 Å². The Morgan fingerprint density at radius 2 is 1.68 bits per heavy atom. The van der Waals surface area contributed by atoms with E-state index in [2.05, 4.69) is 9.88 Å². The van der Waals surface area contributed by atoms with Crippen LogP contribution in [0.2, 0.25) is 5.02 Å². The summed E-state index contributed by atoms with van der Waals surface area (Å²) in [4.78, 5) is 18.6. The molecule has 0 spiro atoms. The third-order valence-electron chi connectivity index (χ3n) is 6.28. The van der Waals surface area contributed by atoms with Crippen molar-refractivity contribution in [3.05, 3.63) is 76.8 Å². The Labute approximate surface area is 230 Å². The maximum absolute atomic E-state index is 11.9. The second kappa shape index (κ2) is 12.1. The summed E-state index contributed by atoms with van der Waals surface area (Å²) in [5, 5.41) is 15.8. The zero-order chi connectivity index (χ0) is 26.5. The van der Waals surface area contributed by atoms with Gasteiger partial charge in [0.15, 0.2) is 0 Å². The number of β-amino-alcohol motifs (C(OH)–C–C–N with tert-alkyl or cyclic N) is 1. The van der Waals surface area contributed by atoms with Crippen LogP contribution < -0.4 is 14.5 Å². The fourth-order valence-electron chi connectivity index (χ4n) is 4.39. The van der Waals surface area contributed by atoms with Crippen molar-refractivity contribution in [3.63, 3.8) is 0 Å². The van der Waals surface area contributed by atoms with Gasteiger partial charge in [-0.05, 0) is 67.6 Å². The molecule has 5 rings (SSSR count). The molecule has 0 unspecified atom stereocenters. The number of piperazine rings is 1. The lowest BCUT2D eigenvalue weighted by atomic mass is 10.2. The summed E-state index contributed by atoms with van der Waals surface area (Å²) in [5.41, 5.74) is 1.68. The van der Waals surface area contributed by atoms with E-state index < -0.39 is 6.10 Å². The number of aliphatic hydroxyl groups is 1. The number of hydrogen-bond acceptors (Lipinski definition) is 8. The predicted octanol–water partition coefficient (Wildman–Crippen LogP) is 4.99. The van der Waals surface area contributed by atoms with Crippen molar-refractivity contribution in [2.45, 2.75) is 13.0 Å². The van der Waals surface area contributed by atoms with Gasteiger partial charge in [0.05, 0.1) is 20.9 Å². The molecule has 0 bridgehead atoms. The van der Waals surface area contributed by atoms with Crippen molar-refractivity contribution in [3.8, 4) is 17.2 Å². The van der Waals surface area contributed by atoms with Crippen LogP contribution in [0.25, 0.3) is 10.2 Å². The van der Waals surface area contributed by atoms with Crippen molar-refractivity contribution in [1.82, 2.24) is 14.9 Å². The summed E-state index contributed by atoms with van der Waals surface area (Å²) in [6.07, 6.45) is 0.207. The maximum Gasteiger partial charge on any atom is 0.228 e. The SMILES string of the molecule is Cc1nc2cc(OC[C@H](O)CN3CCN(N(C=O)c4ccc(Oc5ccc(Cl)cc5)cc4)CC3)ccc2s1. The predicted molar refractivity (Wildman–Crippen MR) is 150 cm³/mol. The minimum absolute atomic E-state index is 0.208. The number of benzene rings is 3. The molecular formula is C28H29ClN4O4S. The number of aromatic nitrogens is 1. The Hall–Kier alpha value is -3.21. The first-order chi connectivity index (χ1) is 18.5. The van der Waals surface area contributed by atoms with E-state index in [4.69, 9.17) is 21.1 Å². The van der Waals surface area contributed by atoms with Gasteiger partial charge in [-0.3, -0.25) is 9.69 Å². The van der Waals surface area contributed by atoms with Crippen LogP contribution in [-0.4, -0.2) is 71.8 Å². The molecule has 4 aromatic rings. The number of thiazole rings is 1. The molecule has 1 fully saturated rings. The molecule has 1 saturated heterocycles. The van der Waals surface area contributed by atoms with Gasteiger partial charge in [-0.25, -0.2) is 15.0 Å². The summed E-state index contributed by atoms with van der Waals surface area (Å²) in [5.74, 6) is 2.07. The number of halogens is 1. The molecule has 1 aliphatic heterocycles. The van der Waals surface area contributed by atoms with E-state index in [9.17, 15) is 9.90 Å². The molecule has 10 heteroatoms. The Balaban J connectivity index is 1.09. The van der Waals surface area contributed by atoms with Crippen LogP contribution in [0.3, 0.4) is 0 Å². The van der Waals surface area contributed by atoms with E-state index in [1.165, 1.54) is 0 Å². The Kier molecular flexibility index (Phi) is 8.41. The van der Waals surface area contributed by atoms with E-state index in [1.807, 2.05) is 54.4 Å². The lowest BCUT2D eigenvalue weighted by molar-refractivity contribution is -0.110. The van der Waals surface area contributed by atoms with E-state index in [1.54, 1.807) is 40.6 Å². The standard InChI is InChI=1S/C28H29ClN4O4S/c1-20-30-27-16-26(10-11-28(27)38-20)36-18-23(35)17-31-12-14-32(15-13-31)33(19-34)22-4-8-25(9-5-22)37-24-6-2-21(29)3-7-24/h2-11,16,19,23,35H,12-15,17-18H2,1H3/t23-/m1/s1. The molecule has 38 heavy (non-hydrogen) atoms. The number of anilines is 1. The Morgan fingerprint density at radius 1 is 1.03 bits per heavy atom. The number of nitrogens with zero attached hydrogens (tertiary/aromatic N) is 4. The van der Waals surface area contributed by atoms with Gasteiger partial charge in [-0.1, -0.05) is 11.6 Å². The van der Waals surface area contributed by atoms with Crippen LogP contribution in [0, 0.1) is 6.92 Å². The van der Waals surface area contributed by atoms with Crippen LogP contribution in [0.4, 0.5) is 5.69 Å². The summed E-state index contributed by atoms with van der Waals surface area (Å²) >= 11 is 7.58. The zero-order valence-corrected chi connectivity index (χ0v) is 22.6. The molecule has 0 radical (unpaired) electrons. The third kappa shape index (κ3) is 6.61. The molecular weight excluding hydrogens is 524 g/mol. The monoisotopic (exact) mass is 552 g/mol. The summed E-state index contributed by atoms with van der Waals surface area (Å²) in [6.45, 7) is 5.47. The van der Waals surface area contributed by atoms with Crippen LogP contribution in [0.5, 0.6) is 17.2 Å². The van der Waals surface area contributed by atoms with Crippen molar-refractivity contribution in [1.29, 1.82) is 0 Å². The quantitative estimate of drug-likeness (QED) is 0.278. The van der Waals surface area contributed by atoms with Gasteiger partial charge >= 0.3 is 0 Å². The molecule has 8 nitrogen and oxygen atoms in total. The number of aryl methyl sites for hydroxylation is 1. The number of fused-ring (bicyclic) bond motifs is 1. The highest BCUT2D eigenvalue weighted by Gasteiger charge is 2.24. The lowest BCUT2D eigenvalue weighted by Gasteiger charge is -2.39. The first kappa shape index (κ1) is 26.4. The van der Waals surface area contributed by atoms with Gasteiger partial charge < -0.3 is 14.6 Å². The highest BCUT2D eigenvalue weighted by Crippen LogP contribution is 2.27. The average molecular weight is 553 g/mol. The molecule has 0 saturated carbocycles. The third-order valence-corrected chi connectivity index (χ3v) is 7.48. The number of rotatable bonds is 10. The first-order valence-corrected chi connectivity index (χ1v) is 13.6. The molecule has 1 N–H and O–H groups in total. The van der Waals surface area contributed by atoms with E-state index in [-0.39, 0.29) is 6.61 Å². The molecule has 0 aliphatic carbocycles. The van der Waals surface area contributed by atoms with Crippen molar-refractivity contribution >= 4 is 45.3 Å². The highest BCUT2D eigenvalue weighted by atomic mass is 35.5. The number of carbonyl (C=O) groups excluding carboxylic acids is 1.